The highest BCUT2D eigenvalue weighted by Gasteiger charge is 2.33. The highest BCUT2D eigenvalue weighted by Crippen LogP contribution is 2.38. The van der Waals surface area contributed by atoms with Crippen molar-refractivity contribution in [1.29, 1.82) is 0 Å². The molecule has 1 N–H and O–H groups in total. The molecule has 0 aromatic heterocycles. The van der Waals surface area contributed by atoms with Gasteiger partial charge in [-0.3, -0.25) is 9.79 Å². The van der Waals surface area contributed by atoms with Crippen LogP contribution in [-0.4, -0.2) is 12.1 Å². The summed E-state index contributed by atoms with van der Waals surface area (Å²) in [7, 11) is 0. The summed E-state index contributed by atoms with van der Waals surface area (Å²) in [6, 6.07) is 7.54. The average molecular weight is 316 g/mol. The van der Waals surface area contributed by atoms with Crippen LogP contribution in [0.1, 0.15) is 22.3 Å². The quantitative estimate of drug-likeness (QED) is 0.854. The fraction of sp³-hybridized carbons (Fsp3) is 0.176. The molecule has 0 bridgehead atoms. The minimum absolute atomic E-state index is 0.104. The van der Waals surface area contributed by atoms with Gasteiger partial charge in [0.1, 0.15) is 0 Å². The highest BCUT2D eigenvalue weighted by atomic mass is 19.4. The van der Waals surface area contributed by atoms with E-state index in [1.54, 1.807) is 24.4 Å². The van der Waals surface area contributed by atoms with Crippen molar-refractivity contribution in [3.05, 3.63) is 52.6 Å². The van der Waals surface area contributed by atoms with E-state index in [4.69, 9.17) is 0 Å². The third-order valence-electron chi connectivity index (χ3n) is 4.12. The van der Waals surface area contributed by atoms with Crippen LogP contribution in [0.3, 0.4) is 0 Å². The van der Waals surface area contributed by atoms with Gasteiger partial charge in [0, 0.05) is 17.5 Å². The molecule has 0 unspecified atom stereocenters. The number of halogens is 3. The molecule has 2 aromatic carbocycles. The van der Waals surface area contributed by atoms with Crippen molar-refractivity contribution in [2.24, 2.45) is 4.99 Å². The van der Waals surface area contributed by atoms with Gasteiger partial charge in [-0.25, -0.2) is 0 Å². The van der Waals surface area contributed by atoms with Crippen molar-refractivity contribution in [1.82, 2.24) is 0 Å². The maximum Gasteiger partial charge on any atom is 0.416 e. The lowest BCUT2D eigenvalue weighted by atomic mass is 9.93. The SMILES string of the molecule is O=C1Cc2cc(-c3cc(C(F)(F)F)cc4c3C=NC4)ccc2N1. The van der Waals surface area contributed by atoms with Crippen molar-refractivity contribution in [2.75, 3.05) is 5.32 Å². The number of amides is 1. The van der Waals surface area contributed by atoms with Crippen LogP contribution >= 0.6 is 0 Å². The van der Waals surface area contributed by atoms with E-state index in [-0.39, 0.29) is 18.9 Å². The number of rotatable bonds is 1. The predicted octanol–water partition coefficient (Wildman–Crippen LogP) is 3.80. The Bertz CT molecular complexity index is 869. The van der Waals surface area contributed by atoms with Crippen LogP contribution in [0.4, 0.5) is 18.9 Å². The zero-order chi connectivity index (χ0) is 16.2. The Hall–Kier alpha value is -2.63. The molecule has 116 valence electrons. The molecule has 2 heterocycles. The average Bonchev–Trinajstić information content (AvgIpc) is 3.08. The summed E-state index contributed by atoms with van der Waals surface area (Å²) < 4.78 is 39.4. The fourth-order valence-electron chi connectivity index (χ4n) is 3.03. The molecule has 0 spiro atoms. The third-order valence-corrected chi connectivity index (χ3v) is 4.12. The van der Waals surface area contributed by atoms with Crippen LogP contribution in [-0.2, 0) is 23.9 Å². The molecule has 23 heavy (non-hydrogen) atoms. The number of alkyl halides is 3. The number of hydrogen-bond donors (Lipinski definition) is 1. The van der Waals surface area contributed by atoms with E-state index in [1.165, 1.54) is 0 Å². The molecule has 0 radical (unpaired) electrons. The Labute approximate surface area is 129 Å². The second kappa shape index (κ2) is 4.68. The zero-order valence-electron chi connectivity index (χ0n) is 11.9. The maximum atomic E-state index is 13.1. The third kappa shape index (κ3) is 2.30. The van der Waals surface area contributed by atoms with Crippen LogP contribution in [0.5, 0.6) is 0 Å². The molecule has 3 nitrogen and oxygen atoms in total. The lowest BCUT2D eigenvalue weighted by Gasteiger charge is -2.14. The topological polar surface area (TPSA) is 41.5 Å². The summed E-state index contributed by atoms with van der Waals surface area (Å²) >= 11 is 0. The highest BCUT2D eigenvalue weighted by molar-refractivity contribution is 6.00. The molecule has 0 atom stereocenters. The number of nitrogens with one attached hydrogen (secondary N) is 1. The van der Waals surface area contributed by atoms with Crippen LogP contribution in [0.25, 0.3) is 11.1 Å². The number of hydrogen-bond acceptors (Lipinski definition) is 2. The minimum Gasteiger partial charge on any atom is -0.326 e. The first-order chi connectivity index (χ1) is 10.9. The molecular formula is C17H11F3N2O. The molecule has 2 aromatic rings. The number of fused-ring (bicyclic) bond motifs is 2. The van der Waals surface area contributed by atoms with Gasteiger partial charge in [-0.1, -0.05) is 6.07 Å². The molecule has 6 heteroatoms. The lowest BCUT2D eigenvalue weighted by molar-refractivity contribution is -0.137. The normalized spacial score (nSPS) is 15.5. The van der Waals surface area contributed by atoms with Crippen molar-refractivity contribution < 1.29 is 18.0 Å². The van der Waals surface area contributed by atoms with Gasteiger partial charge < -0.3 is 5.32 Å². The summed E-state index contributed by atoms with van der Waals surface area (Å²) in [5.41, 5.74) is 3.30. The number of benzene rings is 2. The van der Waals surface area contributed by atoms with E-state index in [9.17, 15) is 18.0 Å². The van der Waals surface area contributed by atoms with Gasteiger partial charge in [0.25, 0.3) is 0 Å². The van der Waals surface area contributed by atoms with E-state index in [2.05, 4.69) is 10.3 Å². The molecule has 2 aliphatic rings. The second-order valence-electron chi connectivity index (χ2n) is 5.66. The van der Waals surface area contributed by atoms with Crippen molar-refractivity contribution in [3.8, 4) is 11.1 Å². The standard InChI is InChI=1S/C17H11F3N2O/c18-17(19,20)12-4-11-7-21-8-14(11)13(6-12)9-1-2-15-10(3-9)5-16(23)22-15/h1-4,6,8H,5,7H2,(H,22,23). The Morgan fingerprint density at radius 1 is 1.09 bits per heavy atom. The van der Waals surface area contributed by atoms with Gasteiger partial charge in [0.2, 0.25) is 5.91 Å². The van der Waals surface area contributed by atoms with Crippen molar-refractivity contribution >= 4 is 17.8 Å². The molecular weight excluding hydrogens is 305 g/mol. The number of carbonyl (C=O) groups is 1. The van der Waals surface area contributed by atoms with Crippen LogP contribution in [0.15, 0.2) is 35.3 Å². The molecule has 1 amide bonds. The van der Waals surface area contributed by atoms with Gasteiger partial charge in [-0.2, -0.15) is 13.2 Å². The predicted molar refractivity (Wildman–Crippen MR) is 80.5 cm³/mol. The smallest absolute Gasteiger partial charge is 0.326 e. The van der Waals surface area contributed by atoms with Crippen molar-refractivity contribution in [2.45, 2.75) is 19.1 Å². The first-order valence-electron chi connectivity index (χ1n) is 7.09. The van der Waals surface area contributed by atoms with E-state index < -0.39 is 11.7 Å². The Morgan fingerprint density at radius 2 is 1.91 bits per heavy atom. The summed E-state index contributed by atoms with van der Waals surface area (Å²) in [5, 5.41) is 2.72. The minimum atomic E-state index is -4.40. The number of anilines is 1. The molecule has 0 saturated heterocycles. The van der Waals surface area contributed by atoms with Gasteiger partial charge in [-0.05, 0) is 46.5 Å². The van der Waals surface area contributed by atoms with Crippen LogP contribution < -0.4 is 5.32 Å². The second-order valence-corrected chi connectivity index (χ2v) is 5.66. The summed E-state index contributed by atoms with van der Waals surface area (Å²) in [6.07, 6.45) is -2.54. The van der Waals surface area contributed by atoms with Gasteiger partial charge in [-0.15, -0.1) is 0 Å². The Kier molecular flexibility index (Phi) is 2.85. The molecule has 0 fully saturated rings. The molecule has 0 aliphatic carbocycles. The van der Waals surface area contributed by atoms with E-state index >= 15 is 0 Å². The molecule has 0 saturated carbocycles. The Morgan fingerprint density at radius 3 is 2.70 bits per heavy atom. The molecule has 4 rings (SSSR count). The first-order valence-corrected chi connectivity index (χ1v) is 7.09. The van der Waals surface area contributed by atoms with E-state index in [0.29, 0.717) is 16.7 Å². The zero-order valence-corrected chi connectivity index (χ0v) is 11.9. The fourth-order valence-corrected chi connectivity index (χ4v) is 3.03. The van der Waals surface area contributed by atoms with E-state index in [0.717, 1.165) is 28.9 Å². The Balaban J connectivity index is 1.89. The summed E-state index contributed by atoms with van der Waals surface area (Å²) in [4.78, 5) is 15.5. The maximum absolute atomic E-state index is 13.1. The number of nitrogens with zero attached hydrogens (tertiary/aromatic N) is 1. The van der Waals surface area contributed by atoms with Crippen LogP contribution in [0.2, 0.25) is 0 Å². The van der Waals surface area contributed by atoms with Gasteiger partial charge in [0.05, 0.1) is 18.5 Å². The summed E-state index contributed by atoms with van der Waals surface area (Å²) in [5.74, 6) is -0.104. The number of aliphatic imine (C=N–C) groups is 1. The molecule has 2 aliphatic heterocycles. The van der Waals surface area contributed by atoms with Crippen molar-refractivity contribution in [3.63, 3.8) is 0 Å². The van der Waals surface area contributed by atoms with Gasteiger partial charge >= 0.3 is 6.18 Å². The summed E-state index contributed by atoms with van der Waals surface area (Å²) in [6.45, 7) is 0.261. The van der Waals surface area contributed by atoms with E-state index in [1.807, 2.05) is 0 Å². The van der Waals surface area contributed by atoms with Crippen LogP contribution in [0, 0.1) is 0 Å². The lowest BCUT2D eigenvalue weighted by Crippen LogP contribution is -2.07. The van der Waals surface area contributed by atoms with Gasteiger partial charge in [0.15, 0.2) is 0 Å². The monoisotopic (exact) mass is 316 g/mol. The largest absolute Gasteiger partial charge is 0.416 e. The number of carbonyl (C=O) groups excluding carboxylic acids is 1. The first kappa shape index (κ1) is 14.0.